The van der Waals surface area contributed by atoms with Gasteiger partial charge in [0.05, 0.1) is 61.3 Å². The molecule has 0 aromatic heterocycles. The summed E-state index contributed by atoms with van der Waals surface area (Å²) in [4.78, 5) is 93.5. The number of amides is 4. The normalized spacial score (nSPS) is 23.5. The van der Waals surface area contributed by atoms with Crippen molar-refractivity contribution in [2.45, 2.75) is 56.9 Å². The largest absolute Gasteiger partial charge is 1.00 e. The van der Waals surface area contributed by atoms with Crippen molar-refractivity contribution in [3.8, 4) is 0 Å². The van der Waals surface area contributed by atoms with E-state index in [0.29, 0.717) is 33.6 Å². The van der Waals surface area contributed by atoms with Crippen LogP contribution in [0.15, 0.2) is 59.1 Å². The lowest BCUT2D eigenvalue weighted by Crippen LogP contribution is -3.00. The molecule has 0 bridgehead atoms. The molecule has 3 saturated heterocycles. The topological polar surface area (TPSA) is 272 Å². The first kappa shape index (κ1) is 48.1. The molecule has 0 radical (unpaired) electrons. The second-order valence-corrected chi connectivity index (χ2v) is 19.2. The number of hydrogen-bond donors (Lipinski definition) is 2. The Kier molecular flexibility index (Phi) is 14.9. The number of β-lactam (4-membered cyclic amide) rings is 1. The van der Waals surface area contributed by atoms with E-state index in [2.05, 4.69) is 4.72 Å². The predicted octanol–water partition coefficient (Wildman–Crippen LogP) is -1.54. The van der Waals surface area contributed by atoms with Crippen LogP contribution in [0.2, 0.25) is 0 Å². The van der Waals surface area contributed by atoms with E-state index in [1.54, 1.807) is 18.7 Å². The number of likely N-dealkylation sites (tertiary alicyclic amines) is 1. The van der Waals surface area contributed by atoms with Crippen LogP contribution >= 0.6 is 11.8 Å². The number of nitrogens with two attached hydrogens (primary N) is 1. The monoisotopic (exact) mass is 1010 g/mol. The number of sulfonamides is 1. The van der Waals surface area contributed by atoms with Gasteiger partial charge in [-0.25, -0.2) is 22.7 Å². The lowest BCUT2D eigenvalue weighted by Gasteiger charge is -2.47. The number of carbonyl (C=O) groups is 5. The molecule has 2 aromatic rings. The summed E-state index contributed by atoms with van der Waals surface area (Å²) < 4.78 is 38.4. The van der Waals surface area contributed by atoms with E-state index in [4.69, 9.17) is 15.2 Å². The molecule has 6 atom stereocenters. The zero-order valence-electron chi connectivity index (χ0n) is 34.2. The molecule has 4 amide bonds. The number of likely N-dealkylation sites (N-methyl/N-ethyl adjacent to an activating group) is 1. The number of rotatable bonds is 15. The minimum absolute atomic E-state index is 0. The van der Waals surface area contributed by atoms with E-state index in [1.165, 1.54) is 70.1 Å². The molecule has 336 valence electrons. The number of thioether (sulfide) groups is 1. The summed E-state index contributed by atoms with van der Waals surface area (Å²) in [5, 5.41) is 21.8. The third kappa shape index (κ3) is 10.6. The van der Waals surface area contributed by atoms with Gasteiger partial charge in [0.25, 0.3) is 17.3 Å². The summed E-state index contributed by atoms with van der Waals surface area (Å²) in [6, 6.07) is 8.39. The fraction of sp³-hybridized carbons (Fsp3) is 0.500. The van der Waals surface area contributed by atoms with Crippen molar-refractivity contribution in [1.29, 1.82) is 0 Å². The zero-order chi connectivity index (χ0) is 44.6. The molecule has 0 aliphatic carbocycles. The fourth-order valence-corrected chi connectivity index (χ4v) is 10.7. The molecule has 24 heteroatoms. The Balaban J connectivity index is 0.00000726. The number of hydrogen-bond acceptors (Lipinski definition) is 14. The van der Waals surface area contributed by atoms with Gasteiger partial charge in [-0.05, 0) is 48.7 Å². The van der Waals surface area contributed by atoms with Crippen molar-refractivity contribution in [2.75, 3.05) is 52.6 Å². The van der Waals surface area contributed by atoms with E-state index in [9.17, 15) is 52.6 Å². The van der Waals surface area contributed by atoms with Crippen LogP contribution in [0.4, 0.5) is 16.2 Å². The summed E-state index contributed by atoms with van der Waals surface area (Å²) in [6.07, 6.45) is 0.281. The van der Waals surface area contributed by atoms with Crippen molar-refractivity contribution >= 4 is 62.9 Å². The molecule has 0 spiro atoms. The van der Waals surface area contributed by atoms with Gasteiger partial charge >= 0.3 is 12.1 Å². The number of fused-ring (bicyclic) bond motifs is 1. The number of halogens is 1. The number of benzene rings is 2. The first-order valence-electron chi connectivity index (χ1n) is 19.4. The van der Waals surface area contributed by atoms with Crippen LogP contribution in [0.25, 0.3) is 0 Å². The van der Waals surface area contributed by atoms with Crippen molar-refractivity contribution in [3.05, 3.63) is 90.5 Å². The molecule has 62 heavy (non-hydrogen) atoms. The standard InChI is InChI=1S/C38H46N8O13S2.HI/c1-22-32-31(23(2)40-61(4,56)57)36(49)43(32)33(37(50)58-20-24-5-9-26(10-6-24)44(52)53)34(22)60-28-17-29(35(48)41-13-15-46(3,16-14-41)19-30(39)47)42(18-28)38(51)59-21-25-7-11-27(12-8-25)45(54)55;/h5-12,22-23,28-29,31-32,40H,13-21H2,1-4H3,(H-,39,47);1H/t22-,23-,28+,29+,31-,32-;/m1./s1. The number of esters is 1. The SMILES string of the molecule is C[C@@H](NS(C)(=O)=O)[C@H]1C(=O)N2C(C(=O)OCc3ccc([N+](=O)[O-])cc3)=C(S[C@H]3C[C@@H](C(=O)N4CC[N+](C)(CC(N)=O)CC4)N(C(=O)OCc4ccc([N+](=O)[O-])cc4)C3)[C@H](C)[C@H]12.[I-]. The molecule has 4 aliphatic rings. The highest BCUT2D eigenvalue weighted by molar-refractivity contribution is 8.03. The van der Waals surface area contributed by atoms with Crippen LogP contribution in [0.5, 0.6) is 0 Å². The minimum atomic E-state index is -3.71. The minimum Gasteiger partial charge on any atom is -1.00 e. The third-order valence-electron chi connectivity index (χ3n) is 11.5. The molecule has 4 heterocycles. The van der Waals surface area contributed by atoms with Gasteiger partial charge in [0.2, 0.25) is 21.8 Å². The second-order valence-electron chi connectivity index (χ2n) is 16.0. The number of nitro benzene ring substituents is 2. The number of carbonyl (C=O) groups excluding carboxylic acids is 5. The van der Waals surface area contributed by atoms with E-state index in [-0.39, 0.29) is 92.8 Å². The first-order valence-corrected chi connectivity index (χ1v) is 22.1. The second kappa shape index (κ2) is 19.2. The van der Waals surface area contributed by atoms with Gasteiger partial charge in [-0.3, -0.25) is 39.5 Å². The third-order valence-corrected chi connectivity index (χ3v) is 13.8. The number of nitrogens with one attached hydrogen (secondary N) is 1. The Bertz CT molecular complexity index is 2260. The number of primary amides is 1. The fourth-order valence-electron chi connectivity index (χ4n) is 8.38. The molecule has 3 N–H and O–H groups in total. The van der Waals surface area contributed by atoms with Crippen LogP contribution < -0.4 is 34.4 Å². The summed E-state index contributed by atoms with van der Waals surface area (Å²) in [5.74, 6) is -3.52. The van der Waals surface area contributed by atoms with E-state index in [0.717, 1.165) is 6.26 Å². The van der Waals surface area contributed by atoms with Crippen LogP contribution in [0, 0.1) is 32.1 Å². The lowest BCUT2D eigenvalue weighted by molar-refractivity contribution is -0.905. The highest BCUT2D eigenvalue weighted by Crippen LogP contribution is 2.52. The Labute approximate surface area is 378 Å². The molecule has 2 aromatic carbocycles. The van der Waals surface area contributed by atoms with Crippen LogP contribution in [-0.4, -0.2) is 143 Å². The van der Waals surface area contributed by atoms with Gasteiger partial charge in [-0.15, -0.1) is 11.8 Å². The van der Waals surface area contributed by atoms with Gasteiger partial charge < -0.3 is 53.5 Å². The van der Waals surface area contributed by atoms with E-state index >= 15 is 0 Å². The number of ether oxygens (including phenoxy) is 2. The van der Waals surface area contributed by atoms with Gasteiger partial charge in [-0.1, -0.05) is 6.92 Å². The predicted molar refractivity (Wildman–Crippen MR) is 217 cm³/mol. The Morgan fingerprint density at radius 1 is 0.968 bits per heavy atom. The molecule has 0 saturated carbocycles. The maximum Gasteiger partial charge on any atom is 0.410 e. The van der Waals surface area contributed by atoms with Crippen LogP contribution in [0.1, 0.15) is 31.4 Å². The number of non-ortho nitro benzene ring substituents is 2. The van der Waals surface area contributed by atoms with Crippen molar-refractivity contribution in [3.63, 3.8) is 0 Å². The summed E-state index contributed by atoms with van der Waals surface area (Å²) in [7, 11) is -1.84. The molecular weight excluding hydrogens is 967 g/mol. The quantitative estimate of drug-likeness (QED) is 0.0512. The molecule has 0 unspecified atom stereocenters. The Morgan fingerprint density at radius 3 is 2.00 bits per heavy atom. The highest BCUT2D eigenvalue weighted by Gasteiger charge is 2.61. The summed E-state index contributed by atoms with van der Waals surface area (Å²) >= 11 is 1.21. The summed E-state index contributed by atoms with van der Waals surface area (Å²) in [5.41, 5.74) is 6.04. The van der Waals surface area contributed by atoms with Crippen molar-refractivity contribution < 1.29 is 80.2 Å². The molecular formula is C38H47IN8O13S2. The van der Waals surface area contributed by atoms with E-state index < -0.39 is 79.0 Å². The first-order chi connectivity index (χ1) is 28.7. The van der Waals surface area contributed by atoms with Crippen LogP contribution in [-0.2, 0) is 51.9 Å². The molecule has 4 aliphatic heterocycles. The maximum absolute atomic E-state index is 14.3. The smallest absolute Gasteiger partial charge is 0.410 e. The van der Waals surface area contributed by atoms with Crippen molar-refractivity contribution in [2.24, 2.45) is 17.6 Å². The number of nitro groups is 2. The average molecular weight is 1010 g/mol. The van der Waals surface area contributed by atoms with Crippen LogP contribution in [0.3, 0.4) is 0 Å². The van der Waals surface area contributed by atoms with Gasteiger partial charge in [0.15, 0.2) is 6.54 Å². The number of piperazine rings is 1. The van der Waals surface area contributed by atoms with Gasteiger partial charge in [0.1, 0.15) is 25.0 Å². The number of nitrogens with zero attached hydrogens (tertiary/aromatic N) is 6. The number of quaternary nitrogens is 1. The average Bonchev–Trinajstić information content (AvgIpc) is 3.72. The maximum atomic E-state index is 14.3. The van der Waals surface area contributed by atoms with Crippen molar-refractivity contribution in [1.82, 2.24) is 19.4 Å². The highest BCUT2D eigenvalue weighted by atomic mass is 127. The van der Waals surface area contributed by atoms with Gasteiger partial charge in [-0.2, -0.15) is 0 Å². The molecule has 21 nitrogen and oxygen atoms in total. The summed E-state index contributed by atoms with van der Waals surface area (Å²) in [6.45, 7) is 4.38. The van der Waals surface area contributed by atoms with Gasteiger partial charge in [0, 0.05) is 52.9 Å². The molecule has 3 fully saturated rings. The zero-order valence-corrected chi connectivity index (χ0v) is 38.0. The Hall–Kier alpha value is -4.92. The Morgan fingerprint density at radius 2 is 1.50 bits per heavy atom. The van der Waals surface area contributed by atoms with E-state index in [1.807, 2.05) is 7.05 Å². The molecule has 6 rings (SSSR count). The lowest BCUT2D eigenvalue weighted by atomic mass is 9.78.